The van der Waals surface area contributed by atoms with Crippen molar-refractivity contribution in [1.29, 1.82) is 5.26 Å². The van der Waals surface area contributed by atoms with E-state index in [1.54, 1.807) is 42.6 Å². The summed E-state index contributed by atoms with van der Waals surface area (Å²) < 4.78 is 7.59. The average Bonchev–Trinajstić information content (AvgIpc) is 3.11. The summed E-state index contributed by atoms with van der Waals surface area (Å²) in [6.07, 6.45) is 3.59. The molecule has 6 heteroatoms. The highest BCUT2D eigenvalue weighted by atomic mass is 16.5. The van der Waals surface area contributed by atoms with E-state index in [4.69, 9.17) is 10.00 Å². The number of ether oxygens (including phenoxy) is 1. The largest absolute Gasteiger partial charge is 0.486 e. The number of nitrogens with zero attached hydrogens (tertiary/aromatic N) is 3. The Bertz CT molecular complexity index is 953. The number of nitrogens with one attached hydrogen (secondary N) is 1. The number of nitriles is 1. The van der Waals surface area contributed by atoms with Gasteiger partial charge < -0.3 is 14.6 Å². The number of aromatic nitrogens is 2. The standard InChI is InChI=1S/C21H20N4O2/c1-15(17-5-3-16(13-22)4-6-17)24-21(26)18-7-9-19(10-8-18)27-14-20-23-11-12-25(20)2/h3-12,15H,14H2,1-2H3,(H,24,26). The highest BCUT2D eigenvalue weighted by molar-refractivity contribution is 5.94. The molecular formula is C21H20N4O2. The molecule has 2 aromatic carbocycles. The lowest BCUT2D eigenvalue weighted by atomic mass is 10.1. The summed E-state index contributed by atoms with van der Waals surface area (Å²) in [5, 5.41) is 11.8. The zero-order chi connectivity index (χ0) is 19.2. The van der Waals surface area contributed by atoms with Gasteiger partial charge in [0.15, 0.2) is 0 Å². The highest BCUT2D eigenvalue weighted by Gasteiger charge is 2.12. The van der Waals surface area contributed by atoms with Crippen LogP contribution in [0, 0.1) is 11.3 Å². The van der Waals surface area contributed by atoms with Crippen LogP contribution in [0.1, 0.15) is 40.3 Å². The molecule has 0 aliphatic carbocycles. The lowest BCUT2D eigenvalue weighted by Gasteiger charge is -2.14. The van der Waals surface area contributed by atoms with Gasteiger partial charge in [0.05, 0.1) is 17.7 Å². The molecular weight excluding hydrogens is 340 g/mol. The molecule has 3 rings (SSSR count). The molecule has 1 heterocycles. The molecule has 0 bridgehead atoms. The molecule has 1 unspecified atom stereocenters. The maximum absolute atomic E-state index is 12.4. The van der Waals surface area contributed by atoms with Gasteiger partial charge in [-0.2, -0.15) is 5.26 Å². The van der Waals surface area contributed by atoms with Crippen LogP contribution in [-0.4, -0.2) is 15.5 Å². The van der Waals surface area contributed by atoms with Crippen LogP contribution < -0.4 is 10.1 Å². The Morgan fingerprint density at radius 2 is 1.93 bits per heavy atom. The maximum Gasteiger partial charge on any atom is 0.251 e. The normalized spacial score (nSPS) is 11.4. The minimum Gasteiger partial charge on any atom is -0.486 e. The molecule has 1 atom stereocenters. The molecule has 0 aliphatic heterocycles. The summed E-state index contributed by atoms with van der Waals surface area (Å²) >= 11 is 0. The molecule has 6 nitrogen and oxygen atoms in total. The van der Waals surface area contributed by atoms with E-state index < -0.39 is 0 Å². The number of imidazole rings is 1. The number of carbonyl (C=O) groups excluding carboxylic acids is 1. The van der Waals surface area contributed by atoms with Crippen LogP contribution in [-0.2, 0) is 13.7 Å². The molecule has 1 amide bonds. The van der Waals surface area contributed by atoms with E-state index in [2.05, 4.69) is 16.4 Å². The van der Waals surface area contributed by atoms with Crippen LogP contribution in [0.2, 0.25) is 0 Å². The van der Waals surface area contributed by atoms with Gasteiger partial charge in [-0.1, -0.05) is 12.1 Å². The van der Waals surface area contributed by atoms with E-state index in [1.807, 2.05) is 36.9 Å². The molecule has 0 radical (unpaired) electrons. The third kappa shape index (κ3) is 4.53. The first-order valence-corrected chi connectivity index (χ1v) is 8.57. The summed E-state index contributed by atoms with van der Waals surface area (Å²) in [7, 11) is 1.91. The molecule has 0 spiro atoms. The second kappa shape index (κ2) is 8.19. The zero-order valence-electron chi connectivity index (χ0n) is 15.2. The monoisotopic (exact) mass is 360 g/mol. The number of carbonyl (C=O) groups is 1. The fraction of sp³-hybridized carbons (Fsp3) is 0.190. The van der Waals surface area contributed by atoms with Crippen LogP contribution in [0.3, 0.4) is 0 Å². The van der Waals surface area contributed by atoms with Gasteiger partial charge in [-0.3, -0.25) is 4.79 Å². The van der Waals surface area contributed by atoms with Crippen molar-refractivity contribution in [2.75, 3.05) is 0 Å². The van der Waals surface area contributed by atoms with Gasteiger partial charge in [0, 0.05) is 25.0 Å². The minimum absolute atomic E-state index is 0.162. The third-order valence-electron chi connectivity index (χ3n) is 4.29. The van der Waals surface area contributed by atoms with Gasteiger partial charge in [-0.15, -0.1) is 0 Å². The van der Waals surface area contributed by atoms with Crippen LogP contribution in [0.5, 0.6) is 5.75 Å². The van der Waals surface area contributed by atoms with Crippen molar-refractivity contribution in [2.45, 2.75) is 19.6 Å². The van der Waals surface area contributed by atoms with Crippen molar-refractivity contribution in [3.63, 3.8) is 0 Å². The first-order valence-electron chi connectivity index (χ1n) is 8.57. The predicted molar refractivity (Wildman–Crippen MR) is 101 cm³/mol. The van der Waals surface area contributed by atoms with Crippen LogP contribution in [0.4, 0.5) is 0 Å². The second-order valence-corrected chi connectivity index (χ2v) is 6.20. The third-order valence-corrected chi connectivity index (χ3v) is 4.29. The number of benzene rings is 2. The van der Waals surface area contributed by atoms with Crippen molar-refractivity contribution < 1.29 is 9.53 Å². The van der Waals surface area contributed by atoms with E-state index in [1.165, 1.54) is 0 Å². The summed E-state index contributed by atoms with van der Waals surface area (Å²) in [5.74, 6) is 1.34. The first-order chi connectivity index (χ1) is 13.1. The number of hydrogen-bond donors (Lipinski definition) is 1. The summed E-state index contributed by atoms with van der Waals surface area (Å²) in [4.78, 5) is 16.6. The van der Waals surface area contributed by atoms with E-state index in [-0.39, 0.29) is 11.9 Å². The quantitative estimate of drug-likeness (QED) is 0.731. The Morgan fingerprint density at radius 3 is 2.52 bits per heavy atom. The second-order valence-electron chi connectivity index (χ2n) is 6.20. The Labute approximate surface area is 158 Å². The SMILES string of the molecule is CC(NC(=O)c1ccc(OCc2nccn2C)cc1)c1ccc(C#N)cc1. The van der Waals surface area contributed by atoms with Gasteiger partial charge in [-0.25, -0.2) is 4.98 Å². The van der Waals surface area contributed by atoms with Crippen molar-refractivity contribution >= 4 is 5.91 Å². The highest BCUT2D eigenvalue weighted by Crippen LogP contribution is 2.16. The molecule has 27 heavy (non-hydrogen) atoms. The first kappa shape index (κ1) is 18.2. The van der Waals surface area contributed by atoms with E-state index in [0.29, 0.717) is 23.5 Å². The molecule has 136 valence electrons. The number of hydrogen-bond acceptors (Lipinski definition) is 4. The number of amides is 1. The van der Waals surface area contributed by atoms with E-state index >= 15 is 0 Å². The smallest absolute Gasteiger partial charge is 0.251 e. The predicted octanol–water partition coefficient (Wildman–Crippen LogP) is 3.36. The molecule has 0 aliphatic rings. The minimum atomic E-state index is -0.164. The molecule has 3 aromatic rings. The van der Waals surface area contributed by atoms with Crippen LogP contribution >= 0.6 is 0 Å². The van der Waals surface area contributed by atoms with Crippen molar-refractivity contribution in [3.05, 3.63) is 83.4 Å². The number of rotatable bonds is 6. The Balaban J connectivity index is 1.58. The Hall–Kier alpha value is -3.59. The zero-order valence-corrected chi connectivity index (χ0v) is 15.2. The Morgan fingerprint density at radius 1 is 1.22 bits per heavy atom. The topological polar surface area (TPSA) is 79.9 Å². The van der Waals surface area contributed by atoms with Crippen LogP contribution in [0.25, 0.3) is 0 Å². The molecule has 0 fully saturated rings. The summed E-state index contributed by atoms with van der Waals surface area (Å²) in [6.45, 7) is 2.27. The lowest BCUT2D eigenvalue weighted by Crippen LogP contribution is -2.26. The van der Waals surface area contributed by atoms with Gasteiger partial charge in [0.25, 0.3) is 5.91 Å². The van der Waals surface area contributed by atoms with Crippen molar-refractivity contribution in [3.8, 4) is 11.8 Å². The lowest BCUT2D eigenvalue weighted by molar-refractivity contribution is 0.0940. The van der Waals surface area contributed by atoms with Crippen molar-refractivity contribution in [2.24, 2.45) is 7.05 Å². The molecule has 0 saturated heterocycles. The van der Waals surface area contributed by atoms with Gasteiger partial charge in [0.2, 0.25) is 0 Å². The van der Waals surface area contributed by atoms with Gasteiger partial charge >= 0.3 is 0 Å². The molecule has 1 aromatic heterocycles. The summed E-state index contributed by atoms with van der Waals surface area (Å²) in [5.41, 5.74) is 2.09. The average molecular weight is 360 g/mol. The summed E-state index contributed by atoms with van der Waals surface area (Å²) in [6, 6.07) is 16.1. The van der Waals surface area contributed by atoms with E-state index in [0.717, 1.165) is 11.4 Å². The molecule has 0 saturated carbocycles. The Kier molecular flexibility index (Phi) is 5.53. The van der Waals surface area contributed by atoms with Gasteiger partial charge in [-0.05, 0) is 48.9 Å². The van der Waals surface area contributed by atoms with Crippen LogP contribution in [0.15, 0.2) is 60.9 Å². The van der Waals surface area contributed by atoms with Gasteiger partial charge in [0.1, 0.15) is 18.2 Å². The number of aryl methyl sites for hydroxylation is 1. The van der Waals surface area contributed by atoms with Crippen molar-refractivity contribution in [1.82, 2.24) is 14.9 Å². The molecule has 1 N–H and O–H groups in total. The maximum atomic E-state index is 12.4. The fourth-order valence-electron chi connectivity index (χ4n) is 2.60. The fourth-order valence-corrected chi connectivity index (χ4v) is 2.60. The van der Waals surface area contributed by atoms with E-state index in [9.17, 15) is 4.79 Å².